The third kappa shape index (κ3) is 4.71. The molecule has 2 aromatic carbocycles. The molecule has 1 aliphatic heterocycles. The Morgan fingerprint density at radius 1 is 1.33 bits per heavy atom. The molecule has 1 aliphatic rings. The molecule has 0 spiro atoms. The number of hydrogen-bond acceptors (Lipinski definition) is 3. The van der Waals surface area contributed by atoms with Gasteiger partial charge in [-0.25, -0.2) is 0 Å². The molecule has 1 heterocycles. The average Bonchev–Trinajstić information content (AvgIpc) is 3.09. The van der Waals surface area contributed by atoms with Gasteiger partial charge in [-0.3, -0.25) is 9.79 Å². The number of anilines is 2. The van der Waals surface area contributed by atoms with Crippen LogP contribution in [-0.4, -0.2) is 32.1 Å². The number of guanidine groups is 1. The van der Waals surface area contributed by atoms with Crippen LogP contribution in [-0.2, 0) is 11.2 Å². The molecule has 0 bridgehead atoms. The van der Waals surface area contributed by atoms with Gasteiger partial charge in [0.25, 0.3) is 0 Å². The zero-order valence-electron chi connectivity index (χ0n) is 15.2. The summed E-state index contributed by atoms with van der Waals surface area (Å²) in [4.78, 5) is 18.6. The highest BCUT2D eigenvalue weighted by Gasteiger charge is 2.23. The minimum Gasteiger partial charge on any atom is -0.495 e. The Kier molecular flexibility index (Phi) is 6.19. The molecular weight excluding hydrogens is 364 g/mol. The van der Waals surface area contributed by atoms with Gasteiger partial charge in [-0.1, -0.05) is 29.8 Å². The van der Waals surface area contributed by atoms with Crippen molar-refractivity contribution in [2.75, 3.05) is 30.4 Å². The number of halogens is 1. The SMILES string of the molecule is COc1ccc(NC(N)=NCCCC(=O)N2CCc3ccccc32)cc1Cl. The normalized spacial score (nSPS) is 13.4. The lowest BCUT2D eigenvalue weighted by Gasteiger charge is -2.17. The topological polar surface area (TPSA) is 80.0 Å². The van der Waals surface area contributed by atoms with Gasteiger partial charge in [0.1, 0.15) is 5.75 Å². The van der Waals surface area contributed by atoms with Crippen LogP contribution in [0, 0.1) is 0 Å². The predicted octanol–water partition coefficient (Wildman–Crippen LogP) is 3.44. The summed E-state index contributed by atoms with van der Waals surface area (Å²) in [6.07, 6.45) is 2.00. The highest BCUT2D eigenvalue weighted by atomic mass is 35.5. The van der Waals surface area contributed by atoms with E-state index in [1.807, 2.05) is 23.1 Å². The molecule has 7 heteroatoms. The van der Waals surface area contributed by atoms with Crippen molar-refractivity contribution in [2.45, 2.75) is 19.3 Å². The number of aliphatic imine (C=N–C) groups is 1. The molecule has 142 valence electrons. The van der Waals surface area contributed by atoms with Crippen molar-refractivity contribution < 1.29 is 9.53 Å². The minimum absolute atomic E-state index is 0.128. The summed E-state index contributed by atoms with van der Waals surface area (Å²) >= 11 is 6.08. The van der Waals surface area contributed by atoms with Gasteiger partial charge in [0, 0.05) is 30.9 Å². The largest absolute Gasteiger partial charge is 0.495 e. The van der Waals surface area contributed by atoms with E-state index in [4.69, 9.17) is 22.1 Å². The molecule has 0 atom stereocenters. The van der Waals surface area contributed by atoms with E-state index in [1.54, 1.807) is 25.3 Å². The van der Waals surface area contributed by atoms with Crippen LogP contribution in [0.5, 0.6) is 5.75 Å². The Morgan fingerprint density at radius 3 is 2.93 bits per heavy atom. The fourth-order valence-corrected chi connectivity index (χ4v) is 3.35. The van der Waals surface area contributed by atoms with E-state index in [2.05, 4.69) is 16.4 Å². The van der Waals surface area contributed by atoms with E-state index < -0.39 is 0 Å². The predicted molar refractivity (Wildman–Crippen MR) is 110 cm³/mol. The van der Waals surface area contributed by atoms with E-state index in [1.165, 1.54) is 5.56 Å². The summed E-state index contributed by atoms with van der Waals surface area (Å²) in [6.45, 7) is 1.23. The van der Waals surface area contributed by atoms with Gasteiger partial charge in [-0.2, -0.15) is 0 Å². The number of para-hydroxylation sites is 1. The molecular formula is C20H23ClN4O2. The van der Waals surface area contributed by atoms with Gasteiger partial charge in [0.2, 0.25) is 5.91 Å². The molecule has 1 amide bonds. The summed E-state index contributed by atoms with van der Waals surface area (Å²) in [7, 11) is 1.56. The van der Waals surface area contributed by atoms with E-state index in [0.717, 1.165) is 24.3 Å². The third-order valence-electron chi connectivity index (χ3n) is 4.44. The van der Waals surface area contributed by atoms with Crippen LogP contribution in [0.4, 0.5) is 11.4 Å². The number of hydrogen-bond donors (Lipinski definition) is 2. The number of fused-ring (bicyclic) bond motifs is 1. The van der Waals surface area contributed by atoms with Crippen molar-refractivity contribution in [1.29, 1.82) is 0 Å². The number of carbonyl (C=O) groups excluding carboxylic acids is 1. The van der Waals surface area contributed by atoms with Gasteiger partial charge in [-0.15, -0.1) is 0 Å². The van der Waals surface area contributed by atoms with Crippen LogP contribution < -0.4 is 20.7 Å². The van der Waals surface area contributed by atoms with Gasteiger partial charge in [0.15, 0.2) is 5.96 Å². The minimum atomic E-state index is 0.128. The quantitative estimate of drug-likeness (QED) is 0.452. The van der Waals surface area contributed by atoms with Crippen LogP contribution in [0.25, 0.3) is 0 Å². The van der Waals surface area contributed by atoms with Crippen LogP contribution in [0.2, 0.25) is 5.02 Å². The van der Waals surface area contributed by atoms with Crippen molar-refractivity contribution in [1.82, 2.24) is 0 Å². The molecule has 0 aliphatic carbocycles. The standard InChI is InChI=1S/C20H23ClN4O2/c1-27-18-9-8-15(13-16(18)21)24-20(22)23-11-4-7-19(26)25-12-10-14-5-2-3-6-17(14)25/h2-3,5-6,8-9,13H,4,7,10-12H2,1H3,(H3,22,23,24). The number of ether oxygens (including phenoxy) is 1. The number of nitrogens with one attached hydrogen (secondary N) is 1. The summed E-state index contributed by atoms with van der Waals surface area (Å²) in [5, 5.41) is 3.48. The maximum absolute atomic E-state index is 12.4. The zero-order chi connectivity index (χ0) is 19.2. The van der Waals surface area contributed by atoms with Crippen molar-refractivity contribution >= 4 is 34.8 Å². The number of nitrogens with zero attached hydrogens (tertiary/aromatic N) is 2. The first-order chi connectivity index (χ1) is 13.1. The van der Waals surface area contributed by atoms with Gasteiger partial charge < -0.3 is 20.7 Å². The number of methoxy groups -OCH3 is 1. The smallest absolute Gasteiger partial charge is 0.227 e. The molecule has 0 fully saturated rings. The van der Waals surface area contributed by atoms with E-state index in [9.17, 15) is 4.79 Å². The molecule has 0 saturated heterocycles. The van der Waals surface area contributed by atoms with E-state index in [0.29, 0.717) is 30.2 Å². The van der Waals surface area contributed by atoms with Crippen LogP contribution in [0.3, 0.4) is 0 Å². The third-order valence-corrected chi connectivity index (χ3v) is 4.74. The Bertz CT molecular complexity index is 854. The molecule has 3 N–H and O–H groups in total. The maximum atomic E-state index is 12.4. The van der Waals surface area contributed by atoms with Crippen molar-refractivity contribution in [3.05, 3.63) is 53.1 Å². The second kappa shape index (κ2) is 8.77. The molecule has 6 nitrogen and oxygen atoms in total. The zero-order valence-corrected chi connectivity index (χ0v) is 16.0. The number of amides is 1. The molecule has 27 heavy (non-hydrogen) atoms. The number of carbonyl (C=O) groups is 1. The van der Waals surface area contributed by atoms with Crippen molar-refractivity contribution in [2.24, 2.45) is 10.7 Å². The Labute approximate surface area is 164 Å². The maximum Gasteiger partial charge on any atom is 0.227 e. The monoisotopic (exact) mass is 386 g/mol. The first-order valence-corrected chi connectivity index (χ1v) is 9.25. The number of nitrogens with two attached hydrogens (primary N) is 1. The Morgan fingerprint density at radius 2 is 2.15 bits per heavy atom. The van der Waals surface area contributed by atoms with Gasteiger partial charge >= 0.3 is 0 Å². The molecule has 0 aromatic heterocycles. The average molecular weight is 387 g/mol. The fourth-order valence-electron chi connectivity index (χ4n) is 3.09. The van der Waals surface area contributed by atoms with Crippen molar-refractivity contribution in [3.63, 3.8) is 0 Å². The van der Waals surface area contributed by atoms with Crippen molar-refractivity contribution in [3.8, 4) is 5.75 Å². The Balaban J connectivity index is 1.46. The molecule has 0 saturated carbocycles. The highest BCUT2D eigenvalue weighted by Crippen LogP contribution is 2.28. The molecule has 2 aromatic rings. The lowest BCUT2D eigenvalue weighted by Crippen LogP contribution is -2.28. The molecule has 0 unspecified atom stereocenters. The number of rotatable bonds is 6. The lowest BCUT2D eigenvalue weighted by atomic mass is 10.2. The van der Waals surface area contributed by atoms with Crippen LogP contribution in [0.1, 0.15) is 18.4 Å². The van der Waals surface area contributed by atoms with E-state index >= 15 is 0 Å². The first-order valence-electron chi connectivity index (χ1n) is 8.87. The fraction of sp³-hybridized carbons (Fsp3) is 0.300. The summed E-state index contributed by atoms with van der Waals surface area (Å²) in [6, 6.07) is 13.3. The molecule has 0 radical (unpaired) electrons. The molecule has 3 rings (SSSR count). The summed E-state index contributed by atoms with van der Waals surface area (Å²) in [5.74, 6) is 1.01. The van der Waals surface area contributed by atoms with E-state index in [-0.39, 0.29) is 11.9 Å². The lowest BCUT2D eigenvalue weighted by molar-refractivity contribution is -0.118. The van der Waals surface area contributed by atoms with Crippen LogP contribution in [0.15, 0.2) is 47.5 Å². The first kappa shape index (κ1) is 19.0. The highest BCUT2D eigenvalue weighted by molar-refractivity contribution is 6.32. The van der Waals surface area contributed by atoms with Crippen LogP contribution >= 0.6 is 11.6 Å². The second-order valence-electron chi connectivity index (χ2n) is 6.27. The second-order valence-corrected chi connectivity index (χ2v) is 6.68. The summed E-state index contributed by atoms with van der Waals surface area (Å²) < 4.78 is 5.11. The Hall–Kier alpha value is -2.73. The number of benzene rings is 2. The van der Waals surface area contributed by atoms with Gasteiger partial charge in [-0.05, 0) is 42.7 Å². The summed E-state index contributed by atoms with van der Waals surface area (Å²) in [5.41, 5.74) is 8.89. The van der Waals surface area contributed by atoms with Gasteiger partial charge in [0.05, 0.1) is 12.1 Å².